The van der Waals surface area contributed by atoms with E-state index in [1.54, 1.807) is 6.07 Å². The predicted molar refractivity (Wildman–Crippen MR) is 151 cm³/mol. The summed E-state index contributed by atoms with van der Waals surface area (Å²) < 4.78 is 5.61. The van der Waals surface area contributed by atoms with Gasteiger partial charge >= 0.3 is 6.09 Å². The Morgan fingerprint density at radius 1 is 1.15 bits per heavy atom. The van der Waals surface area contributed by atoms with Crippen molar-refractivity contribution in [1.82, 2.24) is 9.80 Å². The number of likely N-dealkylation sites (tertiary alicyclic amines) is 1. The van der Waals surface area contributed by atoms with Crippen LogP contribution in [0, 0.1) is 10.1 Å². The van der Waals surface area contributed by atoms with E-state index < -0.39 is 16.4 Å². The van der Waals surface area contributed by atoms with Crippen LogP contribution in [0.25, 0.3) is 0 Å². The zero-order valence-electron chi connectivity index (χ0n) is 23.4. The van der Waals surface area contributed by atoms with Gasteiger partial charge in [-0.1, -0.05) is 0 Å². The van der Waals surface area contributed by atoms with Crippen LogP contribution >= 0.6 is 0 Å². The Morgan fingerprint density at radius 2 is 1.93 bits per heavy atom. The number of ether oxygens (including phenoxy) is 1. The molecule has 0 saturated carbocycles. The van der Waals surface area contributed by atoms with E-state index in [9.17, 15) is 19.7 Å². The molecule has 0 aliphatic carbocycles. The van der Waals surface area contributed by atoms with E-state index in [0.29, 0.717) is 30.2 Å². The van der Waals surface area contributed by atoms with Gasteiger partial charge in [0.05, 0.1) is 22.3 Å². The van der Waals surface area contributed by atoms with Crippen LogP contribution in [0.2, 0.25) is 0 Å². The summed E-state index contributed by atoms with van der Waals surface area (Å²) in [6.07, 6.45) is 0.678. The highest BCUT2D eigenvalue weighted by molar-refractivity contribution is 6.18. The van der Waals surface area contributed by atoms with Gasteiger partial charge in [-0.15, -0.1) is 0 Å². The van der Waals surface area contributed by atoms with E-state index >= 15 is 0 Å². The number of anilines is 2. The third-order valence-corrected chi connectivity index (χ3v) is 8.09. The maximum Gasteiger partial charge on any atom is 0.410 e. The number of piperazine rings is 1. The molecule has 11 heteroatoms. The number of hydrogen-bond acceptors (Lipinski definition) is 8. The van der Waals surface area contributed by atoms with Crippen molar-refractivity contribution in [2.75, 3.05) is 23.3 Å². The maximum atomic E-state index is 13.1. The SMILES string of the molecule is CC(C)N1Cc2cc(N3CC4CC3CN4C(=O)OC(C)(C)C)ccc2N=C1C1C(=O)Nc2cc([N+](=O)[O-])ccc21. The van der Waals surface area contributed by atoms with Crippen LogP contribution in [0.3, 0.4) is 0 Å². The Labute approximate surface area is 232 Å². The van der Waals surface area contributed by atoms with Crippen LogP contribution in [0.4, 0.5) is 27.5 Å². The van der Waals surface area contributed by atoms with Crippen molar-refractivity contribution in [1.29, 1.82) is 0 Å². The average Bonchev–Trinajstić information content (AvgIpc) is 3.58. The van der Waals surface area contributed by atoms with Gasteiger partial charge in [-0.25, -0.2) is 9.79 Å². The number of nitrogens with one attached hydrogen (secondary N) is 1. The minimum atomic E-state index is -0.640. The van der Waals surface area contributed by atoms with Crippen molar-refractivity contribution in [3.8, 4) is 0 Å². The lowest BCUT2D eigenvalue weighted by molar-refractivity contribution is -0.384. The van der Waals surface area contributed by atoms with Crippen LogP contribution in [0.5, 0.6) is 0 Å². The first-order chi connectivity index (χ1) is 18.9. The lowest BCUT2D eigenvalue weighted by atomic mass is 9.95. The number of nitro benzene ring substituents is 1. The molecular weight excluding hydrogens is 512 g/mol. The number of rotatable bonds is 4. The summed E-state index contributed by atoms with van der Waals surface area (Å²) in [4.78, 5) is 47.9. The Kier molecular flexibility index (Phi) is 6.01. The lowest BCUT2D eigenvalue weighted by Crippen LogP contribution is -2.50. The number of aliphatic imine (C=N–C) groups is 1. The quantitative estimate of drug-likeness (QED) is 0.433. The van der Waals surface area contributed by atoms with Gasteiger partial charge in [0, 0.05) is 49.5 Å². The monoisotopic (exact) mass is 546 g/mol. The Balaban J connectivity index is 1.26. The zero-order chi connectivity index (χ0) is 28.5. The molecule has 2 bridgehead atoms. The first kappa shape index (κ1) is 26.1. The Hall–Kier alpha value is -4.15. The number of nitro groups is 1. The number of benzene rings is 2. The van der Waals surface area contributed by atoms with Gasteiger partial charge in [0.15, 0.2) is 0 Å². The Morgan fingerprint density at radius 3 is 2.58 bits per heavy atom. The number of carbonyl (C=O) groups excluding carboxylic acids is 2. The molecule has 3 atom stereocenters. The fourth-order valence-electron chi connectivity index (χ4n) is 6.26. The summed E-state index contributed by atoms with van der Waals surface area (Å²) >= 11 is 0. The minimum Gasteiger partial charge on any atom is -0.444 e. The molecule has 3 unspecified atom stereocenters. The van der Waals surface area contributed by atoms with Crippen LogP contribution in [-0.2, 0) is 16.1 Å². The summed E-state index contributed by atoms with van der Waals surface area (Å²) in [5, 5.41) is 14.1. The largest absolute Gasteiger partial charge is 0.444 e. The van der Waals surface area contributed by atoms with E-state index in [2.05, 4.69) is 41.1 Å². The molecule has 11 nitrogen and oxygen atoms in total. The molecule has 4 aliphatic rings. The van der Waals surface area contributed by atoms with E-state index in [4.69, 9.17) is 9.73 Å². The predicted octanol–water partition coefficient (Wildman–Crippen LogP) is 4.78. The Bertz CT molecular complexity index is 1450. The molecule has 4 aliphatic heterocycles. The van der Waals surface area contributed by atoms with Gasteiger partial charge in [0.2, 0.25) is 5.91 Å². The van der Waals surface area contributed by atoms with Gasteiger partial charge in [-0.05, 0) is 76.4 Å². The first-order valence-electron chi connectivity index (χ1n) is 13.7. The number of amides is 2. The van der Waals surface area contributed by atoms with Crippen LogP contribution in [0.1, 0.15) is 58.1 Å². The van der Waals surface area contributed by atoms with Crippen molar-refractivity contribution in [2.45, 2.75) is 77.2 Å². The lowest BCUT2D eigenvalue weighted by Gasteiger charge is -2.38. The highest BCUT2D eigenvalue weighted by Crippen LogP contribution is 2.42. The van der Waals surface area contributed by atoms with E-state index in [0.717, 1.165) is 29.9 Å². The van der Waals surface area contributed by atoms with Gasteiger partial charge in [0.25, 0.3) is 5.69 Å². The first-order valence-corrected chi connectivity index (χ1v) is 13.7. The summed E-state index contributed by atoms with van der Waals surface area (Å²) in [7, 11) is 0. The van der Waals surface area contributed by atoms with E-state index in [1.165, 1.54) is 12.1 Å². The maximum absolute atomic E-state index is 13.1. The van der Waals surface area contributed by atoms with Gasteiger partial charge in [-0.2, -0.15) is 0 Å². The van der Waals surface area contributed by atoms with Crippen molar-refractivity contribution < 1.29 is 19.2 Å². The fraction of sp³-hybridized carbons (Fsp3) is 0.483. The summed E-state index contributed by atoms with van der Waals surface area (Å²) in [6.45, 7) is 11.8. The molecular formula is C29H34N6O5. The van der Waals surface area contributed by atoms with Gasteiger partial charge in [0.1, 0.15) is 17.4 Å². The fourth-order valence-corrected chi connectivity index (χ4v) is 6.26. The number of hydrogen-bond donors (Lipinski definition) is 1. The molecule has 0 spiro atoms. The smallest absolute Gasteiger partial charge is 0.410 e. The van der Waals surface area contributed by atoms with Crippen LogP contribution in [-0.4, -0.2) is 69.4 Å². The normalized spacial score (nSPS) is 23.2. The second kappa shape index (κ2) is 9.21. The molecule has 6 rings (SSSR count). The molecule has 2 saturated heterocycles. The molecule has 210 valence electrons. The summed E-state index contributed by atoms with van der Waals surface area (Å²) in [5.74, 6) is -0.227. The zero-order valence-corrected chi connectivity index (χ0v) is 23.4. The number of carbonyl (C=O) groups is 2. The molecule has 4 heterocycles. The molecule has 40 heavy (non-hydrogen) atoms. The molecule has 2 fully saturated rings. The van der Waals surface area contributed by atoms with Crippen LogP contribution < -0.4 is 10.2 Å². The highest BCUT2D eigenvalue weighted by Gasteiger charge is 2.47. The van der Waals surface area contributed by atoms with E-state index in [1.807, 2.05) is 31.7 Å². The van der Waals surface area contributed by atoms with Crippen molar-refractivity contribution in [3.05, 3.63) is 57.6 Å². The van der Waals surface area contributed by atoms with Gasteiger partial charge in [-0.3, -0.25) is 14.9 Å². The topological polar surface area (TPSA) is 121 Å². The molecule has 2 aromatic carbocycles. The standard InChI is InChI=1S/C29H34N6O5/c1-16(2)32-13-17-10-18(33-14-21-11-20(33)15-34(21)28(37)40-29(3,4)5)7-9-23(17)30-26(32)25-22-8-6-19(35(38)39)12-24(22)31-27(25)36/h6-10,12,16,20-21,25H,11,13-15H2,1-5H3,(H,31,36). The second-order valence-corrected chi connectivity index (χ2v) is 12.3. The minimum absolute atomic E-state index is 0.0614. The molecule has 0 radical (unpaired) electrons. The number of nitrogens with zero attached hydrogens (tertiary/aromatic N) is 5. The molecule has 1 N–H and O–H groups in total. The molecule has 2 aromatic rings. The third-order valence-electron chi connectivity index (χ3n) is 8.09. The average molecular weight is 547 g/mol. The van der Waals surface area contributed by atoms with Crippen molar-refractivity contribution in [2.24, 2.45) is 4.99 Å². The molecule has 0 aromatic heterocycles. The second-order valence-electron chi connectivity index (χ2n) is 12.3. The summed E-state index contributed by atoms with van der Waals surface area (Å²) in [6, 6.07) is 11.2. The van der Waals surface area contributed by atoms with E-state index in [-0.39, 0.29) is 35.8 Å². The van der Waals surface area contributed by atoms with Crippen LogP contribution in [0.15, 0.2) is 41.4 Å². The van der Waals surface area contributed by atoms with Gasteiger partial charge < -0.3 is 24.8 Å². The number of amidine groups is 1. The van der Waals surface area contributed by atoms with Crippen molar-refractivity contribution in [3.63, 3.8) is 0 Å². The van der Waals surface area contributed by atoms with Crippen molar-refractivity contribution >= 4 is 40.6 Å². The number of non-ortho nitro benzene ring substituents is 1. The third kappa shape index (κ3) is 4.43. The summed E-state index contributed by atoms with van der Waals surface area (Å²) in [5.41, 5.74) is 3.58. The highest BCUT2D eigenvalue weighted by atomic mass is 16.6. The number of fused-ring (bicyclic) bond motifs is 4. The molecule has 2 amide bonds.